The van der Waals surface area contributed by atoms with Gasteiger partial charge in [-0.05, 0) is 25.5 Å². The molecule has 0 bridgehead atoms. The average Bonchev–Trinajstić information content (AvgIpc) is 2.41. The van der Waals surface area contributed by atoms with Crippen LogP contribution in [-0.4, -0.2) is 20.3 Å². The second kappa shape index (κ2) is 8.59. The predicted molar refractivity (Wildman–Crippen MR) is 75.3 cm³/mol. The third-order valence-electron chi connectivity index (χ3n) is 2.64. The Morgan fingerprint density at radius 1 is 1.39 bits per heavy atom. The molecule has 0 fully saturated rings. The van der Waals surface area contributed by atoms with Gasteiger partial charge in [-0.3, -0.25) is 0 Å². The van der Waals surface area contributed by atoms with Crippen molar-refractivity contribution in [2.45, 2.75) is 26.3 Å². The van der Waals surface area contributed by atoms with Gasteiger partial charge in [-0.15, -0.1) is 6.58 Å². The van der Waals surface area contributed by atoms with Crippen LogP contribution < -0.4 is 14.8 Å². The Morgan fingerprint density at radius 3 is 2.89 bits per heavy atom. The van der Waals surface area contributed by atoms with Crippen molar-refractivity contribution in [1.29, 1.82) is 0 Å². The number of nitrogens with one attached hydrogen (secondary N) is 1. The summed E-state index contributed by atoms with van der Waals surface area (Å²) in [4.78, 5) is 0. The Hall–Kier alpha value is -1.48. The zero-order chi connectivity index (χ0) is 13.2. The summed E-state index contributed by atoms with van der Waals surface area (Å²) in [5.74, 6) is 1.65. The third-order valence-corrected chi connectivity index (χ3v) is 2.64. The molecule has 0 aliphatic carbocycles. The van der Waals surface area contributed by atoms with Crippen LogP contribution in [0, 0.1) is 0 Å². The van der Waals surface area contributed by atoms with Crippen LogP contribution in [0.5, 0.6) is 11.5 Å². The highest BCUT2D eigenvalue weighted by Gasteiger charge is 2.09. The van der Waals surface area contributed by atoms with Crippen molar-refractivity contribution in [2.75, 3.05) is 20.3 Å². The molecule has 18 heavy (non-hydrogen) atoms. The first-order valence-corrected chi connectivity index (χ1v) is 6.43. The summed E-state index contributed by atoms with van der Waals surface area (Å²) in [5.41, 5.74) is 1.13. The zero-order valence-electron chi connectivity index (χ0n) is 11.4. The van der Waals surface area contributed by atoms with Gasteiger partial charge in [0.1, 0.15) is 0 Å². The number of rotatable bonds is 9. The first-order valence-electron chi connectivity index (χ1n) is 6.43. The first-order chi connectivity index (χ1) is 8.83. The summed E-state index contributed by atoms with van der Waals surface area (Å²) >= 11 is 0. The predicted octanol–water partition coefficient (Wildman–Crippen LogP) is 3.15. The molecular formula is C15H23NO2. The average molecular weight is 249 g/mol. The molecule has 100 valence electrons. The van der Waals surface area contributed by atoms with Crippen LogP contribution in [0.15, 0.2) is 30.9 Å². The second-order valence-corrected chi connectivity index (χ2v) is 4.01. The fourth-order valence-electron chi connectivity index (χ4n) is 1.69. The van der Waals surface area contributed by atoms with Gasteiger partial charge < -0.3 is 14.8 Å². The van der Waals surface area contributed by atoms with Crippen molar-refractivity contribution in [3.8, 4) is 11.5 Å². The van der Waals surface area contributed by atoms with Crippen LogP contribution in [0.25, 0.3) is 0 Å². The number of allylic oxidation sites excluding steroid dienone is 1. The van der Waals surface area contributed by atoms with E-state index in [0.29, 0.717) is 6.61 Å². The molecule has 0 aliphatic rings. The first kappa shape index (κ1) is 14.6. The van der Waals surface area contributed by atoms with E-state index in [2.05, 4.69) is 24.9 Å². The van der Waals surface area contributed by atoms with Crippen LogP contribution in [0.4, 0.5) is 0 Å². The SMILES string of the molecule is C=CCCCOc1c(CNCC)cccc1OC. The summed E-state index contributed by atoms with van der Waals surface area (Å²) in [5, 5.41) is 3.31. The van der Waals surface area contributed by atoms with E-state index in [4.69, 9.17) is 9.47 Å². The monoisotopic (exact) mass is 249 g/mol. The summed E-state index contributed by atoms with van der Waals surface area (Å²) in [6.07, 6.45) is 3.85. The number of unbranched alkanes of at least 4 members (excludes halogenated alkanes) is 1. The molecule has 0 heterocycles. The summed E-state index contributed by atoms with van der Waals surface area (Å²) < 4.78 is 11.2. The maximum Gasteiger partial charge on any atom is 0.165 e. The summed E-state index contributed by atoms with van der Waals surface area (Å²) in [6.45, 7) is 8.21. The lowest BCUT2D eigenvalue weighted by Gasteiger charge is -2.15. The molecule has 1 rings (SSSR count). The van der Waals surface area contributed by atoms with Gasteiger partial charge in [0.05, 0.1) is 13.7 Å². The summed E-state index contributed by atoms with van der Waals surface area (Å²) in [6, 6.07) is 5.98. The Labute approximate surface area is 110 Å². The van der Waals surface area contributed by atoms with Gasteiger partial charge in [0.2, 0.25) is 0 Å². The molecule has 1 aromatic carbocycles. The highest BCUT2D eigenvalue weighted by atomic mass is 16.5. The molecule has 0 saturated heterocycles. The number of methoxy groups -OCH3 is 1. The normalized spacial score (nSPS) is 10.1. The molecular weight excluding hydrogens is 226 g/mol. The van der Waals surface area contributed by atoms with Gasteiger partial charge in [0.25, 0.3) is 0 Å². The molecule has 0 spiro atoms. The highest BCUT2D eigenvalue weighted by molar-refractivity contribution is 5.46. The zero-order valence-corrected chi connectivity index (χ0v) is 11.4. The van der Waals surface area contributed by atoms with Crippen LogP contribution in [-0.2, 0) is 6.54 Å². The third kappa shape index (κ3) is 4.41. The van der Waals surface area contributed by atoms with E-state index in [1.165, 1.54) is 0 Å². The minimum absolute atomic E-state index is 0.686. The molecule has 0 aliphatic heterocycles. The second-order valence-electron chi connectivity index (χ2n) is 4.01. The quantitative estimate of drug-likeness (QED) is 0.538. The smallest absolute Gasteiger partial charge is 0.165 e. The van der Waals surface area contributed by atoms with Gasteiger partial charge in [-0.1, -0.05) is 25.1 Å². The lowest BCUT2D eigenvalue weighted by Crippen LogP contribution is -2.13. The lowest BCUT2D eigenvalue weighted by atomic mass is 10.2. The molecule has 3 nitrogen and oxygen atoms in total. The van der Waals surface area contributed by atoms with Crippen molar-refractivity contribution in [1.82, 2.24) is 5.32 Å². The number of para-hydroxylation sites is 1. The molecule has 0 saturated carbocycles. The van der Waals surface area contributed by atoms with Crippen LogP contribution in [0.1, 0.15) is 25.3 Å². The number of benzene rings is 1. The molecule has 1 N–H and O–H groups in total. The maximum atomic E-state index is 5.85. The molecule has 0 aromatic heterocycles. The van der Waals surface area contributed by atoms with E-state index in [1.54, 1.807) is 7.11 Å². The maximum absolute atomic E-state index is 5.85. The van der Waals surface area contributed by atoms with Crippen molar-refractivity contribution < 1.29 is 9.47 Å². The highest BCUT2D eigenvalue weighted by Crippen LogP contribution is 2.31. The van der Waals surface area contributed by atoms with E-state index in [9.17, 15) is 0 Å². The Kier molecular flexibility index (Phi) is 6.96. The van der Waals surface area contributed by atoms with Gasteiger partial charge in [0, 0.05) is 12.1 Å². The topological polar surface area (TPSA) is 30.5 Å². The minimum atomic E-state index is 0.686. The van der Waals surface area contributed by atoms with E-state index < -0.39 is 0 Å². The van der Waals surface area contributed by atoms with Crippen molar-refractivity contribution in [3.05, 3.63) is 36.4 Å². The van der Waals surface area contributed by atoms with E-state index >= 15 is 0 Å². The molecule has 0 unspecified atom stereocenters. The van der Waals surface area contributed by atoms with Gasteiger partial charge in [0.15, 0.2) is 11.5 Å². The Balaban J connectivity index is 2.72. The van der Waals surface area contributed by atoms with Crippen molar-refractivity contribution >= 4 is 0 Å². The van der Waals surface area contributed by atoms with E-state index in [1.807, 2.05) is 18.2 Å². The lowest BCUT2D eigenvalue weighted by molar-refractivity contribution is 0.286. The fourth-order valence-corrected chi connectivity index (χ4v) is 1.69. The van der Waals surface area contributed by atoms with Gasteiger partial charge in [-0.2, -0.15) is 0 Å². The molecule has 0 amide bonds. The Bertz CT molecular complexity index is 364. The van der Waals surface area contributed by atoms with Gasteiger partial charge >= 0.3 is 0 Å². The number of hydrogen-bond donors (Lipinski definition) is 1. The van der Waals surface area contributed by atoms with Crippen LogP contribution >= 0.6 is 0 Å². The van der Waals surface area contributed by atoms with Gasteiger partial charge in [-0.25, -0.2) is 0 Å². The van der Waals surface area contributed by atoms with Crippen molar-refractivity contribution in [2.24, 2.45) is 0 Å². The minimum Gasteiger partial charge on any atom is -0.493 e. The number of ether oxygens (including phenoxy) is 2. The molecule has 0 atom stereocenters. The van der Waals surface area contributed by atoms with Crippen molar-refractivity contribution in [3.63, 3.8) is 0 Å². The standard InChI is InChI=1S/C15H23NO2/c1-4-6-7-11-18-15-13(12-16-5-2)9-8-10-14(15)17-3/h4,8-10,16H,1,5-7,11-12H2,2-3H3. The molecule has 1 aromatic rings. The van der Waals surface area contributed by atoms with E-state index in [-0.39, 0.29) is 0 Å². The Morgan fingerprint density at radius 2 is 2.22 bits per heavy atom. The fraction of sp³-hybridized carbons (Fsp3) is 0.467. The largest absolute Gasteiger partial charge is 0.493 e. The summed E-state index contributed by atoms with van der Waals surface area (Å²) in [7, 11) is 1.67. The van der Waals surface area contributed by atoms with Crippen LogP contribution in [0.2, 0.25) is 0 Å². The van der Waals surface area contributed by atoms with Crippen LogP contribution in [0.3, 0.4) is 0 Å². The number of hydrogen-bond acceptors (Lipinski definition) is 3. The van der Waals surface area contributed by atoms with E-state index in [0.717, 1.165) is 43.0 Å². The molecule has 0 radical (unpaired) electrons. The molecule has 3 heteroatoms.